The fourth-order valence-electron chi connectivity index (χ4n) is 3.70. The van der Waals surface area contributed by atoms with Crippen LogP contribution in [0.5, 0.6) is 11.5 Å². The van der Waals surface area contributed by atoms with Crippen LogP contribution in [0.4, 0.5) is 15.9 Å². The zero-order valence-corrected chi connectivity index (χ0v) is 17.4. The van der Waals surface area contributed by atoms with E-state index in [2.05, 4.69) is 4.90 Å². The number of primary amides is 1. The SMILES string of the molecule is CCc1nc(-c2ccc(OC)c(F)c2)nc2c1CCN2c1cccc(OCC(N)=O)c1. The van der Waals surface area contributed by atoms with Crippen molar-refractivity contribution in [2.75, 3.05) is 25.2 Å². The minimum atomic E-state index is -0.534. The molecule has 2 N–H and O–H groups in total. The van der Waals surface area contributed by atoms with Gasteiger partial charge in [0, 0.05) is 35.1 Å². The van der Waals surface area contributed by atoms with E-state index >= 15 is 0 Å². The van der Waals surface area contributed by atoms with Crippen LogP contribution in [-0.2, 0) is 17.6 Å². The fourth-order valence-corrected chi connectivity index (χ4v) is 3.70. The summed E-state index contributed by atoms with van der Waals surface area (Å²) in [6.07, 6.45) is 1.55. The average Bonchev–Trinajstić information content (AvgIpc) is 3.21. The number of aromatic nitrogens is 2. The summed E-state index contributed by atoms with van der Waals surface area (Å²) in [7, 11) is 1.43. The van der Waals surface area contributed by atoms with Gasteiger partial charge in [-0.05, 0) is 43.2 Å². The van der Waals surface area contributed by atoms with E-state index in [9.17, 15) is 9.18 Å². The lowest BCUT2D eigenvalue weighted by Crippen LogP contribution is -2.20. The second-order valence-corrected chi connectivity index (χ2v) is 7.15. The van der Waals surface area contributed by atoms with Gasteiger partial charge in [0.1, 0.15) is 11.6 Å². The lowest BCUT2D eigenvalue weighted by atomic mass is 10.1. The predicted octanol–water partition coefficient (Wildman–Crippen LogP) is 3.41. The maximum absolute atomic E-state index is 14.3. The number of carbonyl (C=O) groups excluding carboxylic acids is 1. The van der Waals surface area contributed by atoms with E-state index in [0.717, 1.165) is 42.1 Å². The number of nitrogens with zero attached hydrogens (tertiary/aromatic N) is 3. The number of methoxy groups -OCH3 is 1. The van der Waals surface area contributed by atoms with Crippen LogP contribution in [0.1, 0.15) is 18.2 Å². The molecule has 0 unspecified atom stereocenters. The first-order valence-corrected chi connectivity index (χ1v) is 10.0. The minimum absolute atomic E-state index is 0.176. The number of rotatable bonds is 7. The van der Waals surface area contributed by atoms with Crippen LogP contribution in [0.3, 0.4) is 0 Å². The number of halogens is 1. The molecule has 31 heavy (non-hydrogen) atoms. The van der Waals surface area contributed by atoms with Gasteiger partial charge in [-0.25, -0.2) is 14.4 Å². The van der Waals surface area contributed by atoms with Gasteiger partial charge in [0.2, 0.25) is 0 Å². The van der Waals surface area contributed by atoms with Gasteiger partial charge in [-0.3, -0.25) is 4.79 Å². The lowest BCUT2D eigenvalue weighted by molar-refractivity contribution is -0.119. The van der Waals surface area contributed by atoms with Crippen molar-refractivity contribution in [2.24, 2.45) is 5.73 Å². The van der Waals surface area contributed by atoms with E-state index in [0.29, 0.717) is 17.1 Å². The third-order valence-electron chi connectivity index (χ3n) is 5.17. The first kappa shape index (κ1) is 20.6. The van der Waals surface area contributed by atoms with Gasteiger partial charge in [-0.2, -0.15) is 0 Å². The molecule has 1 amide bonds. The van der Waals surface area contributed by atoms with Crippen molar-refractivity contribution in [1.82, 2.24) is 9.97 Å². The highest BCUT2D eigenvalue weighted by atomic mass is 19.1. The number of hydrogen-bond donors (Lipinski definition) is 1. The molecule has 1 aliphatic heterocycles. The molecule has 0 atom stereocenters. The molecule has 0 fully saturated rings. The Labute approximate surface area is 179 Å². The summed E-state index contributed by atoms with van der Waals surface area (Å²) in [5.41, 5.74) is 8.67. The largest absolute Gasteiger partial charge is 0.494 e. The van der Waals surface area contributed by atoms with E-state index in [1.807, 2.05) is 25.1 Å². The maximum atomic E-state index is 14.3. The zero-order chi connectivity index (χ0) is 22.0. The maximum Gasteiger partial charge on any atom is 0.255 e. The van der Waals surface area contributed by atoms with E-state index in [-0.39, 0.29) is 12.4 Å². The van der Waals surface area contributed by atoms with Gasteiger partial charge in [-0.15, -0.1) is 0 Å². The van der Waals surface area contributed by atoms with Crippen LogP contribution < -0.4 is 20.1 Å². The Morgan fingerprint density at radius 3 is 2.77 bits per heavy atom. The zero-order valence-electron chi connectivity index (χ0n) is 17.4. The van der Waals surface area contributed by atoms with E-state index in [4.69, 9.17) is 25.2 Å². The normalized spacial score (nSPS) is 12.5. The van der Waals surface area contributed by atoms with Crippen molar-refractivity contribution in [2.45, 2.75) is 19.8 Å². The van der Waals surface area contributed by atoms with Crippen molar-refractivity contribution in [3.63, 3.8) is 0 Å². The molecule has 2 heterocycles. The highest BCUT2D eigenvalue weighted by molar-refractivity contribution is 5.75. The summed E-state index contributed by atoms with van der Waals surface area (Å²) in [5.74, 6) is 0.990. The summed E-state index contributed by atoms with van der Waals surface area (Å²) in [6, 6.07) is 12.1. The number of amides is 1. The first-order chi connectivity index (χ1) is 15.0. The molecule has 0 bridgehead atoms. The highest BCUT2D eigenvalue weighted by Gasteiger charge is 2.27. The van der Waals surface area contributed by atoms with Crippen molar-refractivity contribution in [3.8, 4) is 22.9 Å². The van der Waals surface area contributed by atoms with Crippen molar-refractivity contribution in [1.29, 1.82) is 0 Å². The van der Waals surface area contributed by atoms with Crippen LogP contribution >= 0.6 is 0 Å². The molecule has 2 aromatic carbocycles. The smallest absolute Gasteiger partial charge is 0.255 e. The summed E-state index contributed by atoms with van der Waals surface area (Å²) < 4.78 is 24.7. The van der Waals surface area contributed by atoms with Gasteiger partial charge in [-0.1, -0.05) is 13.0 Å². The lowest BCUT2D eigenvalue weighted by Gasteiger charge is -2.20. The topological polar surface area (TPSA) is 90.6 Å². The number of aryl methyl sites for hydroxylation is 1. The number of hydrogen-bond acceptors (Lipinski definition) is 6. The summed E-state index contributed by atoms with van der Waals surface area (Å²) in [4.78, 5) is 22.6. The van der Waals surface area contributed by atoms with Gasteiger partial charge < -0.3 is 20.1 Å². The average molecular weight is 422 g/mol. The first-order valence-electron chi connectivity index (χ1n) is 10.0. The van der Waals surface area contributed by atoms with Crippen LogP contribution in [0.15, 0.2) is 42.5 Å². The molecule has 0 saturated carbocycles. The molecular formula is C23H23FN4O3. The second-order valence-electron chi connectivity index (χ2n) is 7.15. The van der Waals surface area contributed by atoms with Crippen LogP contribution in [0.25, 0.3) is 11.4 Å². The summed E-state index contributed by atoms with van der Waals surface area (Å²) in [5, 5.41) is 0. The third kappa shape index (κ3) is 4.14. The number of nitrogens with two attached hydrogens (primary N) is 1. The Morgan fingerprint density at radius 1 is 1.23 bits per heavy atom. The summed E-state index contributed by atoms with van der Waals surface area (Å²) >= 11 is 0. The van der Waals surface area contributed by atoms with Crippen LogP contribution in [0.2, 0.25) is 0 Å². The van der Waals surface area contributed by atoms with Crippen molar-refractivity contribution >= 4 is 17.4 Å². The van der Waals surface area contributed by atoms with Crippen LogP contribution in [-0.4, -0.2) is 36.1 Å². The summed E-state index contributed by atoms with van der Waals surface area (Å²) in [6.45, 7) is 2.59. The molecule has 0 saturated heterocycles. The molecule has 1 aliphatic rings. The van der Waals surface area contributed by atoms with Crippen molar-refractivity contribution in [3.05, 3.63) is 59.5 Å². The number of ether oxygens (including phenoxy) is 2. The van der Waals surface area contributed by atoms with Gasteiger partial charge in [0.05, 0.1) is 7.11 Å². The van der Waals surface area contributed by atoms with Gasteiger partial charge >= 0.3 is 0 Å². The Morgan fingerprint density at radius 2 is 2.06 bits per heavy atom. The molecule has 8 heteroatoms. The van der Waals surface area contributed by atoms with Crippen LogP contribution in [0, 0.1) is 5.82 Å². The van der Waals surface area contributed by atoms with Gasteiger partial charge in [0.25, 0.3) is 5.91 Å². The molecule has 1 aromatic heterocycles. The fraction of sp³-hybridized carbons (Fsp3) is 0.261. The number of carbonyl (C=O) groups is 1. The Balaban J connectivity index is 1.73. The molecule has 0 spiro atoms. The molecule has 160 valence electrons. The Hall–Kier alpha value is -3.68. The molecule has 3 aromatic rings. The Kier molecular flexibility index (Phi) is 5.70. The van der Waals surface area contributed by atoms with E-state index in [1.165, 1.54) is 13.2 Å². The molecule has 0 aliphatic carbocycles. The second kappa shape index (κ2) is 8.59. The quantitative estimate of drug-likeness (QED) is 0.628. The number of benzene rings is 2. The molecular weight excluding hydrogens is 399 g/mol. The molecule has 0 radical (unpaired) electrons. The van der Waals surface area contributed by atoms with Gasteiger partial charge in [0.15, 0.2) is 24.0 Å². The predicted molar refractivity (Wildman–Crippen MR) is 115 cm³/mol. The van der Waals surface area contributed by atoms with E-state index in [1.54, 1.807) is 18.2 Å². The third-order valence-corrected chi connectivity index (χ3v) is 5.17. The minimum Gasteiger partial charge on any atom is -0.494 e. The number of anilines is 2. The standard InChI is InChI=1S/C23H23FN4O3/c1-3-19-17-9-10-28(15-5-4-6-16(12-15)31-13-21(25)29)23(17)27-22(26-19)14-7-8-20(30-2)18(24)11-14/h4-8,11-12H,3,9-10,13H2,1-2H3,(H2,25,29). The monoisotopic (exact) mass is 422 g/mol. The van der Waals surface area contributed by atoms with Crippen molar-refractivity contribution < 1.29 is 18.7 Å². The Bertz CT molecular complexity index is 1140. The number of fused-ring (bicyclic) bond motifs is 1. The highest BCUT2D eigenvalue weighted by Crippen LogP contribution is 2.37. The molecule has 4 rings (SSSR count). The molecule has 7 nitrogen and oxygen atoms in total. The van der Waals surface area contributed by atoms with E-state index < -0.39 is 11.7 Å².